The largest absolute Gasteiger partial charge is 0.384 e. The van der Waals surface area contributed by atoms with Gasteiger partial charge in [0.05, 0.1) is 6.61 Å². The van der Waals surface area contributed by atoms with Crippen molar-refractivity contribution in [2.45, 2.75) is 52.4 Å². The maximum absolute atomic E-state index is 5.30. The highest BCUT2D eigenvalue weighted by atomic mass is 16.5. The van der Waals surface area contributed by atoms with Gasteiger partial charge in [-0.15, -0.1) is 0 Å². The van der Waals surface area contributed by atoms with Crippen LogP contribution in [-0.2, 0) is 11.2 Å². The zero-order valence-corrected chi connectivity index (χ0v) is 20.5. The first kappa shape index (κ1) is 24.9. The standard InChI is InChI=1S/C15H22N2.C13H21NO/c1-12(2)15(6-9-16-10-7-15)11-14-5-4-8-17-13(14)3;1-15-11-13(12-6-5-7-12)10-14-8-3-2-4-9-14/h4-5,8,16H,1,6-7,9-11H2,2-3H3;5-7,13H,2-4,8-11H2,1H3. The van der Waals surface area contributed by atoms with E-state index in [0.29, 0.717) is 5.92 Å². The van der Waals surface area contributed by atoms with Crippen LogP contribution in [0.3, 0.4) is 0 Å². The molecule has 2 saturated heterocycles. The van der Waals surface area contributed by atoms with E-state index in [1.165, 1.54) is 68.4 Å². The van der Waals surface area contributed by atoms with Gasteiger partial charge in [-0.3, -0.25) is 4.98 Å². The molecule has 0 radical (unpaired) electrons. The molecule has 176 valence electrons. The highest BCUT2D eigenvalue weighted by molar-refractivity contribution is 5.37. The number of nitrogens with one attached hydrogen (secondary N) is 1. The summed E-state index contributed by atoms with van der Waals surface area (Å²) in [6, 6.07) is 4.24. The van der Waals surface area contributed by atoms with E-state index in [4.69, 9.17) is 4.74 Å². The van der Waals surface area contributed by atoms with E-state index in [2.05, 4.69) is 59.9 Å². The minimum atomic E-state index is 0.277. The minimum Gasteiger partial charge on any atom is -0.384 e. The summed E-state index contributed by atoms with van der Waals surface area (Å²) < 4.78 is 5.30. The molecule has 0 amide bonds. The summed E-state index contributed by atoms with van der Waals surface area (Å²) in [5, 5.41) is 3.44. The van der Waals surface area contributed by atoms with Crippen LogP contribution in [0.2, 0.25) is 0 Å². The number of aromatic nitrogens is 1. The molecule has 0 spiro atoms. The lowest BCUT2D eigenvalue weighted by molar-refractivity contribution is 0.128. The Morgan fingerprint density at radius 2 is 1.97 bits per heavy atom. The Morgan fingerprint density at radius 1 is 1.25 bits per heavy atom. The monoisotopic (exact) mass is 437 g/mol. The lowest BCUT2D eigenvalue weighted by Gasteiger charge is -2.39. The molecule has 1 aromatic rings. The van der Waals surface area contributed by atoms with Crippen LogP contribution in [0.1, 0.15) is 50.3 Å². The van der Waals surface area contributed by atoms with Gasteiger partial charge in [0.1, 0.15) is 0 Å². The zero-order valence-electron chi connectivity index (χ0n) is 20.5. The van der Waals surface area contributed by atoms with E-state index in [1.807, 2.05) is 12.3 Å². The van der Waals surface area contributed by atoms with Gasteiger partial charge in [0, 0.05) is 31.5 Å². The smallest absolute Gasteiger partial charge is 0.0543 e. The van der Waals surface area contributed by atoms with Crippen LogP contribution in [-0.4, -0.2) is 56.3 Å². The van der Waals surface area contributed by atoms with E-state index in [0.717, 1.165) is 31.8 Å². The first-order valence-electron chi connectivity index (χ1n) is 12.4. The van der Waals surface area contributed by atoms with Crippen molar-refractivity contribution in [3.8, 4) is 0 Å². The number of aryl methyl sites for hydroxylation is 1. The van der Waals surface area contributed by atoms with E-state index < -0.39 is 0 Å². The number of likely N-dealkylation sites (tertiary alicyclic amines) is 1. The number of hydrogen-bond acceptors (Lipinski definition) is 4. The fourth-order valence-corrected chi connectivity index (χ4v) is 5.12. The third kappa shape index (κ3) is 6.87. The van der Waals surface area contributed by atoms with Gasteiger partial charge in [-0.25, -0.2) is 0 Å². The second kappa shape index (κ2) is 12.5. The molecule has 4 heteroatoms. The van der Waals surface area contributed by atoms with Crippen molar-refractivity contribution in [2.24, 2.45) is 11.3 Å². The summed E-state index contributed by atoms with van der Waals surface area (Å²) in [6.07, 6.45) is 16.0. The number of ether oxygens (including phenoxy) is 1. The van der Waals surface area contributed by atoms with Crippen LogP contribution in [0.5, 0.6) is 0 Å². The first-order valence-corrected chi connectivity index (χ1v) is 12.4. The van der Waals surface area contributed by atoms with Crippen molar-refractivity contribution in [2.75, 3.05) is 46.4 Å². The summed E-state index contributed by atoms with van der Waals surface area (Å²) in [4.78, 5) is 6.97. The summed E-state index contributed by atoms with van der Waals surface area (Å²) >= 11 is 0. The Morgan fingerprint density at radius 3 is 2.53 bits per heavy atom. The number of hydrogen-bond donors (Lipinski definition) is 1. The van der Waals surface area contributed by atoms with Crippen LogP contribution in [0.15, 0.2) is 54.3 Å². The van der Waals surface area contributed by atoms with Crippen molar-refractivity contribution < 1.29 is 4.74 Å². The maximum atomic E-state index is 5.30. The van der Waals surface area contributed by atoms with Gasteiger partial charge >= 0.3 is 0 Å². The van der Waals surface area contributed by atoms with Crippen LogP contribution >= 0.6 is 0 Å². The lowest BCUT2D eigenvalue weighted by Crippen LogP contribution is -2.39. The Hall–Kier alpha value is -1.75. The molecule has 0 bridgehead atoms. The van der Waals surface area contributed by atoms with E-state index in [-0.39, 0.29) is 5.41 Å². The predicted octanol–water partition coefficient (Wildman–Crippen LogP) is 5.11. The minimum absolute atomic E-state index is 0.277. The van der Waals surface area contributed by atoms with Crippen LogP contribution in [0.4, 0.5) is 0 Å². The number of pyridine rings is 1. The predicted molar refractivity (Wildman–Crippen MR) is 135 cm³/mol. The summed E-state index contributed by atoms with van der Waals surface area (Å²) in [7, 11) is 1.80. The second-order valence-electron chi connectivity index (χ2n) is 9.77. The van der Waals surface area contributed by atoms with Gasteiger partial charge in [-0.05, 0) is 94.7 Å². The third-order valence-corrected chi connectivity index (χ3v) is 7.46. The Labute approximate surface area is 195 Å². The molecule has 0 saturated carbocycles. The molecule has 2 aliphatic heterocycles. The lowest BCUT2D eigenvalue weighted by atomic mass is 9.70. The van der Waals surface area contributed by atoms with Gasteiger partial charge in [-0.1, -0.05) is 42.9 Å². The highest BCUT2D eigenvalue weighted by Gasteiger charge is 2.33. The zero-order chi connectivity index (χ0) is 22.8. The average molecular weight is 438 g/mol. The highest BCUT2D eigenvalue weighted by Crippen LogP contribution is 2.39. The summed E-state index contributed by atoms with van der Waals surface area (Å²) in [5.74, 6) is 0.582. The topological polar surface area (TPSA) is 37.4 Å². The molecule has 32 heavy (non-hydrogen) atoms. The SMILES string of the molecule is C=C(C)C1(Cc2cccnc2C)CCNCC1.COCC(CN1CCCCC1)C1=CC=C1. The van der Waals surface area contributed by atoms with Gasteiger partial charge in [0.2, 0.25) is 0 Å². The fraction of sp³-hybridized carbons (Fsp3) is 0.607. The van der Waals surface area contributed by atoms with Crippen LogP contribution in [0.25, 0.3) is 0 Å². The second-order valence-corrected chi connectivity index (χ2v) is 9.77. The Kier molecular flexibility index (Phi) is 9.70. The normalized spacial score (nSPS) is 21.0. The molecular weight excluding hydrogens is 394 g/mol. The number of rotatable bonds is 8. The molecule has 3 heterocycles. The molecule has 3 aliphatic rings. The molecule has 2 fully saturated rings. The van der Waals surface area contributed by atoms with Crippen molar-refractivity contribution in [3.05, 3.63) is 65.5 Å². The van der Waals surface area contributed by atoms with E-state index in [9.17, 15) is 0 Å². The molecule has 0 aromatic carbocycles. The molecule has 1 aromatic heterocycles. The number of methoxy groups -OCH3 is 1. The third-order valence-electron chi connectivity index (χ3n) is 7.46. The number of allylic oxidation sites excluding steroid dienone is 4. The van der Waals surface area contributed by atoms with Crippen molar-refractivity contribution in [3.63, 3.8) is 0 Å². The molecular formula is C28H43N3O. The Balaban J connectivity index is 0.000000182. The van der Waals surface area contributed by atoms with Gasteiger partial charge < -0.3 is 15.0 Å². The first-order chi connectivity index (χ1) is 15.5. The van der Waals surface area contributed by atoms with Crippen molar-refractivity contribution in [1.82, 2.24) is 15.2 Å². The number of piperidine rings is 2. The van der Waals surface area contributed by atoms with Crippen molar-refractivity contribution in [1.29, 1.82) is 0 Å². The molecule has 1 atom stereocenters. The van der Waals surface area contributed by atoms with Gasteiger partial charge in [0.15, 0.2) is 0 Å². The molecule has 1 N–H and O–H groups in total. The van der Waals surface area contributed by atoms with Crippen molar-refractivity contribution >= 4 is 0 Å². The average Bonchev–Trinajstić information content (AvgIpc) is 2.76. The molecule has 1 aliphatic carbocycles. The molecule has 4 nitrogen and oxygen atoms in total. The fourth-order valence-electron chi connectivity index (χ4n) is 5.12. The van der Waals surface area contributed by atoms with Gasteiger partial charge in [-0.2, -0.15) is 0 Å². The number of nitrogens with zero attached hydrogens (tertiary/aromatic N) is 2. The van der Waals surface area contributed by atoms with Crippen LogP contribution in [0, 0.1) is 18.3 Å². The maximum Gasteiger partial charge on any atom is 0.0543 e. The van der Waals surface area contributed by atoms with Crippen LogP contribution < -0.4 is 5.32 Å². The Bertz CT molecular complexity index is 786. The molecule has 1 unspecified atom stereocenters. The van der Waals surface area contributed by atoms with Gasteiger partial charge in [0.25, 0.3) is 0 Å². The quantitative estimate of drug-likeness (QED) is 0.574. The molecule has 4 rings (SSSR count). The van der Waals surface area contributed by atoms with E-state index >= 15 is 0 Å². The summed E-state index contributed by atoms with van der Waals surface area (Å²) in [5.41, 5.74) is 5.59. The van der Waals surface area contributed by atoms with E-state index in [1.54, 1.807) is 7.11 Å². The summed E-state index contributed by atoms with van der Waals surface area (Å²) in [6.45, 7) is 15.3.